The number of alkyl carbamates (subject to hydrolysis) is 1. The molecule has 5 atom stereocenters. The molecule has 0 fully saturated rings. The number of hydrogen-bond donors (Lipinski definition) is 6. The van der Waals surface area contributed by atoms with Crippen molar-refractivity contribution in [2.75, 3.05) is 6.54 Å². The molecule has 0 spiro atoms. The van der Waals surface area contributed by atoms with Crippen LogP contribution in [0.25, 0.3) is 10.8 Å². The van der Waals surface area contributed by atoms with Crippen LogP contribution in [0.3, 0.4) is 0 Å². The molecule has 12 heteroatoms. The van der Waals surface area contributed by atoms with Crippen LogP contribution in [0.5, 0.6) is 0 Å². The minimum atomic E-state index is -1.16. The molecular formula is C40H52N6O6. The predicted octanol–water partition coefficient (Wildman–Crippen LogP) is 4.57. The summed E-state index contributed by atoms with van der Waals surface area (Å²) in [5.41, 5.74) is 2.13. The van der Waals surface area contributed by atoms with Crippen molar-refractivity contribution in [1.29, 1.82) is 0 Å². The minimum absolute atomic E-state index is 0.00862. The van der Waals surface area contributed by atoms with E-state index in [4.69, 9.17) is 4.74 Å². The van der Waals surface area contributed by atoms with Gasteiger partial charge in [-0.25, -0.2) is 9.78 Å². The number of aromatic nitrogens is 2. The monoisotopic (exact) mass is 712 g/mol. The van der Waals surface area contributed by atoms with Gasteiger partial charge in [0, 0.05) is 25.6 Å². The number of benzene rings is 3. The molecule has 0 aliphatic rings. The fraction of sp³-hybridized carbons (Fsp3) is 0.425. The zero-order valence-electron chi connectivity index (χ0n) is 30.4. The van der Waals surface area contributed by atoms with Crippen LogP contribution in [0.15, 0.2) is 85.3 Å². The summed E-state index contributed by atoms with van der Waals surface area (Å²) in [4.78, 5) is 61.0. The third-order valence-corrected chi connectivity index (χ3v) is 8.98. The lowest BCUT2D eigenvalue weighted by Crippen LogP contribution is -2.57. The van der Waals surface area contributed by atoms with Gasteiger partial charge in [-0.2, -0.15) is 0 Å². The van der Waals surface area contributed by atoms with Crippen LogP contribution in [0.1, 0.15) is 63.8 Å². The molecule has 4 aromatic rings. The first kappa shape index (κ1) is 39.6. The molecule has 0 bridgehead atoms. The van der Waals surface area contributed by atoms with Crippen LogP contribution in [0, 0.1) is 11.8 Å². The Morgan fingerprint density at radius 3 is 2.25 bits per heavy atom. The number of carbonyl (C=O) groups is 4. The highest BCUT2D eigenvalue weighted by Crippen LogP contribution is 2.20. The van der Waals surface area contributed by atoms with Crippen molar-refractivity contribution in [1.82, 2.24) is 31.2 Å². The summed E-state index contributed by atoms with van der Waals surface area (Å²) in [5.74, 6) is -1.09. The van der Waals surface area contributed by atoms with Crippen LogP contribution in [0.2, 0.25) is 0 Å². The molecule has 1 heterocycles. The van der Waals surface area contributed by atoms with E-state index in [1.807, 2.05) is 100 Å². The lowest BCUT2D eigenvalue weighted by molar-refractivity contribution is -0.131. The van der Waals surface area contributed by atoms with E-state index in [0.29, 0.717) is 24.6 Å². The molecule has 52 heavy (non-hydrogen) atoms. The number of imidazole rings is 1. The molecule has 12 nitrogen and oxygen atoms in total. The summed E-state index contributed by atoms with van der Waals surface area (Å²) in [6.07, 6.45) is 2.41. The van der Waals surface area contributed by atoms with Gasteiger partial charge in [0.2, 0.25) is 17.7 Å². The maximum atomic E-state index is 14.1. The van der Waals surface area contributed by atoms with Crippen LogP contribution in [-0.4, -0.2) is 69.7 Å². The van der Waals surface area contributed by atoms with Crippen LogP contribution in [-0.2, 0) is 38.6 Å². The van der Waals surface area contributed by atoms with E-state index in [-0.39, 0.29) is 37.7 Å². The third kappa shape index (κ3) is 12.5. The SMILES string of the molecule is CCC(C)CNC(=O)C[C@H](O)[C@H](CC(C)C)NC(=O)C(Cc1c[nH]cn1)NC(=O)[C@H](Cc1cccc2ccccc12)NC(=O)OCc1ccccc1. The topological polar surface area (TPSA) is 175 Å². The number of carbonyl (C=O) groups excluding carboxylic acids is 4. The van der Waals surface area contributed by atoms with Crippen molar-refractivity contribution in [3.05, 3.63) is 102 Å². The molecule has 278 valence electrons. The van der Waals surface area contributed by atoms with Crippen molar-refractivity contribution in [2.45, 2.75) is 90.6 Å². The van der Waals surface area contributed by atoms with Gasteiger partial charge < -0.3 is 36.1 Å². The molecule has 6 N–H and O–H groups in total. The standard InChI is InChI=1S/C40H52N6O6/c1-5-27(4)22-42-37(48)21-36(47)33(18-26(2)3)44-39(50)35(20-31-23-41-25-43-31)45-38(49)34(46-40(51)52-24-28-12-7-6-8-13-28)19-30-16-11-15-29-14-9-10-17-32(29)30/h6-17,23,25-27,33-36,47H,5,18-22,24H2,1-4H3,(H,41,43)(H,42,48)(H,44,50)(H,45,49)(H,46,51)/t27?,33-,34-,35?,36-/m0/s1. The largest absolute Gasteiger partial charge is 0.445 e. The first-order valence-electron chi connectivity index (χ1n) is 18.0. The highest BCUT2D eigenvalue weighted by atomic mass is 16.5. The van der Waals surface area contributed by atoms with Crippen molar-refractivity contribution >= 4 is 34.6 Å². The lowest BCUT2D eigenvalue weighted by Gasteiger charge is -2.29. The van der Waals surface area contributed by atoms with Gasteiger partial charge in [-0.1, -0.05) is 107 Å². The van der Waals surface area contributed by atoms with Crippen LogP contribution >= 0.6 is 0 Å². The Labute approximate surface area is 305 Å². The fourth-order valence-corrected chi connectivity index (χ4v) is 5.84. The summed E-state index contributed by atoms with van der Waals surface area (Å²) >= 11 is 0. The summed E-state index contributed by atoms with van der Waals surface area (Å²) in [7, 11) is 0. The Morgan fingerprint density at radius 1 is 0.846 bits per heavy atom. The summed E-state index contributed by atoms with van der Waals surface area (Å²) in [6.45, 7) is 8.49. The van der Waals surface area contributed by atoms with Gasteiger partial charge in [-0.15, -0.1) is 0 Å². The van der Waals surface area contributed by atoms with Crippen molar-refractivity contribution < 1.29 is 29.0 Å². The third-order valence-electron chi connectivity index (χ3n) is 8.98. The number of fused-ring (bicyclic) bond motifs is 1. The fourth-order valence-electron chi connectivity index (χ4n) is 5.84. The number of H-pyrrole nitrogens is 1. The summed E-state index contributed by atoms with van der Waals surface area (Å²) in [5, 5.41) is 24.4. The Hall–Kier alpha value is -5.23. The molecule has 0 aliphatic carbocycles. The first-order chi connectivity index (χ1) is 25.0. The first-order valence-corrected chi connectivity index (χ1v) is 18.0. The normalized spacial score (nSPS) is 14.1. The average Bonchev–Trinajstić information content (AvgIpc) is 3.65. The van der Waals surface area contributed by atoms with Crippen LogP contribution in [0.4, 0.5) is 4.79 Å². The summed E-state index contributed by atoms with van der Waals surface area (Å²) in [6, 6.07) is 19.7. The minimum Gasteiger partial charge on any atom is -0.445 e. The number of aromatic amines is 1. The van der Waals surface area contributed by atoms with Crippen LogP contribution < -0.4 is 21.3 Å². The molecule has 0 radical (unpaired) electrons. The number of nitrogens with zero attached hydrogens (tertiary/aromatic N) is 1. The van der Waals surface area contributed by atoms with Crippen molar-refractivity contribution in [3.63, 3.8) is 0 Å². The van der Waals surface area contributed by atoms with E-state index >= 15 is 0 Å². The lowest BCUT2D eigenvalue weighted by atomic mass is 9.96. The van der Waals surface area contributed by atoms with E-state index in [1.54, 1.807) is 6.20 Å². The number of amides is 4. The van der Waals surface area contributed by atoms with Gasteiger partial charge in [0.25, 0.3) is 0 Å². The zero-order valence-corrected chi connectivity index (χ0v) is 30.4. The molecule has 0 saturated heterocycles. The number of aliphatic hydroxyl groups excluding tert-OH is 1. The predicted molar refractivity (Wildman–Crippen MR) is 200 cm³/mol. The Balaban J connectivity index is 1.54. The van der Waals surface area contributed by atoms with Gasteiger partial charge >= 0.3 is 6.09 Å². The van der Waals surface area contributed by atoms with Crippen molar-refractivity contribution in [3.8, 4) is 0 Å². The second kappa shape index (κ2) is 20.0. The molecule has 2 unspecified atom stereocenters. The molecule has 4 amide bonds. The van der Waals surface area contributed by atoms with Gasteiger partial charge in [-0.3, -0.25) is 14.4 Å². The molecule has 0 saturated carbocycles. The van der Waals surface area contributed by atoms with E-state index in [1.165, 1.54) is 6.33 Å². The van der Waals surface area contributed by atoms with Gasteiger partial charge in [-0.05, 0) is 40.2 Å². The quantitative estimate of drug-likeness (QED) is 0.0826. The molecule has 4 rings (SSSR count). The van der Waals surface area contributed by atoms with E-state index < -0.39 is 42.1 Å². The smallest absolute Gasteiger partial charge is 0.408 e. The molecule has 3 aromatic carbocycles. The van der Waals surface area contributed by atoms with Crippen molar-refractivity contribution in [2.24, 2.45) is 11.8 Å². The second-order valence-corrected chi connectivity index (χ2v) is 13.8. The van der Waals surface area contributed by atoms with Gasteiger partial charge in [0.05, 0.1) is 30.6 Å². The van der Waals surface area contributed by atoms with E-state index in [9.17, 15) is 24.3 Å². The average molecular weight is 713 g/mol. The Kier molecular flexibility index (Phi) is 15.2. The number of nitrogens with one attached hydrogen (secondary N) is 5. The van der Waals surface area contributed by atoms with Gasteiger partial charge in [0.1, 0.15) is 18.7 Å². The highest BCUT2D eigenvalue weighted by molar-refractivity contribution is 5.93. The highest BCUT2D eigenvalue weighted by Gasteiger charge is 2.32. The number of aliphatic hydroxyl groups is 1. The summed E-state index contributed by atoms with van der Waals surface area (Å²) < 4.78 is 5.47. The molecule has 1 aromatic heterocycles. The van der Waals surface area contributed by atoms with E-state index in [0.717, 1.165) is 28.3 Å². The van der Waals surface area contributed by atoms with E-state index in [2.05, 4.69) is 31.2 Å². The number of ether oxygens (including phenoxy) is 1. The molecule has 0 aliphatic heterocycles. The molecular weight excluding hydrogens is 660 g/mol. The number of hydrogen-bond acceptors (Lipinski definition) is 7. The second-order valence-electron chi connectivity index (χ2n) is 13.8. The Morgan fingerprint density at radius 2 is 1.54 bits per heavy atom. The Bertz CT molecular complexity index is 1730. The number of rotatable bonds is 19. The zero-order chi connectivity index (χ0) is 37.5. The maximum absolute atomic E-state index is 14.1. The maximum Gasteiger partial charge on any atom is 0.408 e. The van der Waals surface area contributed by atoms with Gasteiger partial charge in [0.15, 0.2) is 0 Å².